The number of hydrogen-bond acceptors (Lipinski definition) is 1. The van der Waals surface area contributed by atoms with Gasteiger partial charge < -0.3 is 5.11 Å². The third-order valence-corrected chi connectivity index (χ3v) is 3.23. The molecule has 1 aliphatic rings. The SMILES string of the molecule is CCC[C@H](O)C1CCc2ccccc21. The van der Waals surface area contributed by atoms with Crippen LogP contribution in [0.5, 0.6) is 0 Å². The Hall–Kier alpha value is -0.820. The molecule has 1 nitrogen and oxygen atoms in total. The summed E-state index contributed by atoms with van der Waals surface area (Å²) in [4.78, 5) is 0. The summed E-state index contributed by atoms with van der Waals surface area (Å²) in [6, 6.07) is 8.53. The molecule has 76 valence electrons. The van der Waals surface area contributed by atoms with Crippen LogP contribution in [0.3, 0.4) is 0 Å². The molecule has 0 aromatic heterocycles. The second-order valence-electron chi connectivity index (χ2n) is 4.20. The quantitative estimate of drug-likeness (QED) is 0.777. The van der Waals surface area contributed by atoms with Crippen LogP contribution < -0.4 is 0 Å². The van der Waals surface area contributed by atoms with E-state index in [0.717, 1.165) is 25.7 Å². The van der Waals surface area contributed by atoms with Crippen molar-refractivity contribution in [3.63, 3.8) is 0 Å². The first-order chi connectivity index (χ1) is 6.83. The lowest BCUT2D eigenvalue weighted by molar-refractivity contribution is 0.132. The van der Waals surface area contributed by atoms with Crippen molar-refractivity contribution in [2.24, 2.45) is 0 Å². The lowest BCUT2D eigenvalue weighted by atomic mass is 9.93. The van der Waals surface area contributed by atoms with Gasteiger partial charge in [0.15, 0.2) is 0 Å². The van der Waals surface area contributed by atoms with E-state index in [2.05, 4.69) is 31.2 Å². The predicted octanol–water partition coefficient (Wildman–Crippen LogP) is 2.88. The van der Waals surface area contributed by atoms with E-state index in [-0.39, 0.29) is 6.10 Å². The van der Waals surface area contributed by atoms with Crippen LogP contribution in [0, 0.1) is 0 Å². The van der Waals surface area contributed by atoms with Gasteiger partial charge in [-0.2, -0.15) is 0 Å². The molecular formula is C13H18O. The molecule has 2 rings (SSSR count). The number of aryl methyl sites for hydroxylation is 1. The molecule has 0 radical (unpaired) electrons. The highest BCUT2D eigenvalue weighted by Gasteiger charge is 2.27. The van der Waals surface area contributed by atoms with Gasteiger partial charge in [-0.3, -0.25) is 0 Å². The highest BCUT2D eigenvalue weighted by molar-refractivity contribution is 5.35. The summed E-state index contributed by atoms with van der Waals surface area (Å²) in [7, 11) is 0. The standard InChI is InChI=1S/C13H18O/c1-2-5-13(14)12-9-8-10-6-3-4-7-11(10)12/h3-4,6-7,12-14H,2,5,8-9H2,1H3/t12?,13-/m0/s1. The average molecular weight is 190 g/mol. The van der Waals surface area contributed by atoms with Crippen LogP contribution in [-0.4, -0.2) is 11.2 Å². The summed E-state index contributed by atoms with van der Waals surface area (Å²) in [5, 5.41) is 10.00. The topological polar surface area (TPSA) is 20.2 Å². The molecule has 0 saturated carbocycles. The molecule has 0 amide bonds. The van der Waals surface area contributed by atoms with Crippen molar-refractivity contribution in [2.75, 3.05) is 0 Å². The van der Waals surface area contributed by atoms with Gasteiger partial charge in [-0.15, -0.1) is 0 Å². The molecular weight excluding hydrogens is 172 g/mol. The van der Waals surface area contributed by atoms with Gasteiger partial charge in [-0.25, -0.2) is 0 Å². The fourth-order valence-corrected chi connectivity index (χ4v) is 2.49. The smallest absolute Gasteiger partial charge is 0.0608 e. The van der Waals surface area contributed by atoms with Gasteiger partial charge in [-0.05, 0) is 30.4 Å². The predicted molar refractivity (Wildman–Crippen MR) is 58.4 cm³/mol. The van der Waals surface area contributed by atoms with Crippen LogP contribution in [0.4, 0.5) is 0 Å². The summed E-state index contributed by atoms with van der Waals surface area (Å²) < 4.78 is 0. The first-order valence-electron chi connectivity index (χ1n) is 5.58. The van der Waals surface area contributed by atoms with Crippen molar-refractivity contribution in [2.45, 2.75) is 44.6 Å². The van der Waals surface area contributed by atoms with Crippen molar-refractivity contribution >= 4 is 0 Å². The Kier molecular flexibility index (Phi) is 2.87. The Balaban J connectivity index is 2.17. The molecule has 0 spiro atoms. The molecule has 0 saturated heterocycles. The number of benzene rings is 1. The lowest BCUT2D eigenvalue weighted by Gasteiger charge is -2.18. The minimum Gasteiger partial charge on any atom is -0.392 e. The number of aliphatic hydroxyl groups excluding tert-OH is 1. The van der Waals surface area contributed by atoms with Crippen LogP contribution in [0.1, 0.15) is 43.2 Å². The van der Waals surface area contributed by atoms with E-state index in [1.807, 2.05) is 0 Å². The molecule has 2 atom stereocenters. The Bertz CT molecular complexity index is 306. The molecule has 14 heavy (non-hydrogen) atoms. The first kappa shape index (κ1) is 9.72. The molecule has 1 aromatic carbocycles. The second-order valence-corrected chi connectivity index (χ2v) is 4.20. The molecule has 0 bridgehead atoms. The lowest BCUT2D eigenvalue weighted by Crippen LogP contribution is -2.15. The minimum atomic E-state index is -0.136. The summed E-state index contributed by atoms with van der Waals surface area (Å²) in [6.45, 7) is 2.13. The minimum absolute atomic E-state index is 0.136. The fraction of sp³-hybridized carbons (Fsp3) is 0.538. The van der Waals surface area contributed by atoms with Gasteiger partial charge in [0.05, 0.1) is 6.10 Å². The van der Waals surface area contributed by atoms with E-state index in [4.69, 9.17) is 0 Å². The van der Waals surface area contributed by atoms with E-state index in [1.165, 1.54) is 11.1 Å². The maximum atomic E-state index is 10.00. The Morgan fingerprint density at radius 3 is 3.00 bits per heavy atom. The molecule has 0 fully saturated rings. The molecule has 1 heteroatoms. The first-order valence-corrected chi connectivity index (χ1v) is 5.58. The Morgan fingerprint density at radius 1 is 1.43 bits per heavy atom. The van der Waals surface area contributed by atoms with Gasteiger partial charge >= 0.3 is 0 Å². The van der Waals surface area contributed by atoms with Crippen LogP contribution in [0.15, 0.2) is 24.3 Å². The molecule has 1 unspecified atom stereocenters. The van der Waals surface area contributed by atoms with Crippen molar-refractivity contribution in [1.29, 1.82) is 0 Å². The molecule has 1 aliphatic carbocycles. The average Bonchev–Trinajstić information content (AvgIpc) is 2.61. The van der Waals surface area contributed by atoms with E-state index in [1.54, 1.807) is 0 Å². The zero-order chi connectivity index (χ0) is 9.97. The highest BCUT2D eigenvalue weighted by atomic mass is 16.3. The summed E-state index contributed by atoms with van der Waals surface area (Å²) in [5.41, 5.74) is 2.82. The van der Waals surface area contributed by atoms with Crippen LogP contribution in [0.25, 0.3) is 0 Å². The van der Waals surface area contributed by atoms with Gasteiger partial charge in [0.25, 0.3) is 0 Å². The molecule has 1 aromatic rings. The van der Waals surface area contributed by atoms with E-state index in [9.17, 15) is 5.11 Å². The van der Waals surface area contributed by atoms with Crippen molar-refractivity contribution < 1.29 is 5.11 Å². The maximum Gasteiger partial charge on any atom is 0.0608 e. The summed E-state index contributed by atoms with van der Waals surface area (Å²) >= 11 is 0. The third-order valence-electron chi connectivity index (χ3n) is 3.23. The van der Waals surface area contributed by atoms with Crippen LogP contribution >= 0.6 is 0 Å². The van der Waals surface area contributed by atoms with Gasteiger partial charge in [-0.1, -0.05) is 37.6 Å². The van der Waals surface area contributed by atoms with Crippen molar-refractivity contribution in [3.05, 3.63) is 35.4 Å². The molecule has 1 N–H and O–H groups in total. The number of aliphatic hydroxyl groups is 1. The molecule has 0 aliphatic heterocycles. The van der Waals surface area contributed by atoms with E-state index in [0.29, 0.717) is 5.92 Å². The van der Waals surface area contributed by atoms with Crippen molar-refractivity contribution in [3.8, 4) is 0 Å². The maximum absolute atomic E-state index is 10.00. The van der Waals surface area contributed by atoms with E-state index >= 15 is 0 Å². The summed E-state index contributed by atoms with van der Waals surface area (Å²) in [5.74, 6) is 0.395. The largest absolute Gasteiger partial charge is 0.392 e. The van der Waals surface area contributed by atoms with Gasteiger partial charge in [0, 0.05) is 5.92 Å². The second kappa shape index (κ2) is 4.14. The fourth-order valence-electron chi connectivity index (χ4n) is 2.49. The number of fused-ring (bicyclic) bond motifs is 1. The summed E-state index contributed by atoms with van der Waals surface area (Å²) in [6.07, 6.45) is 4.13. The highest BCUT2D eigenvalue weighted by Crippen LogP contribution is 2.36. The monoisotopic (exact) mass is 190 g/mol. The van der Waals surface area contributed by atoms with Gasteiger partial charge in [0.1, 0.15) is 0 Å². The Morgan fingerprint density at radius 2 is 2.21 bits per heavy atom. The van der Waals surface area contributed by atoms with Crippen LogP contribution in [-0.2, 0) is 6.42 Å². The van der Waals surface area contributed by atoms with Gasteiger partial charge in [0.2, 0.25) is 0 Å². The molecule has 0 heterocycles. The van der Waals surface area contributed by atoms with E-state index < -0.39 is 0 Å². The zero-order valence-electron chi connectivity index (χ0n) is 8.74. The zero-order valence-corrected chi connectivity index (χ0v) is 8.74. The third kappa shape index (κ3) is 1.69. The Labute approximate surface area is 85.8 Å². The normalized spacial score (nSPS) is 22.0. The number of rotatable bonds is 3. The number of hydrogen-bond donors (Lipinski definition) is 1. The van der Waals surface area contributed by atoms with Crippen LogP contribution in [0.2, 0.25) is 0 Å². The van der Waals surface area contributed by atoms with Crippen molar-refractivity contribution in [1.82, 2.24) is 0 Å².